The van der Waals surface area contributed by atoms with Crippen LogP contribution in [0.4, 0.5) is 0 Å². The molecule has 19 heavy (non-hydrogen) atoms. The van der Waals surface area contributed by atoms with Gasteiger partial charge in [-0.1, -0.05) is 18.0 Å². The van der Waals surface area contributed by atoms with Crippen LogP contribution in [0.1, 0.15) is 29.6 Å². The Labute approximate surface area is 116 Å². The van der Waals surface area contributed by atoms with Gasteiger partial charge in [0.2, 0.25) is 0 Å². The molecular weight excluding hydrogens is 268 g/mol. The second-order valence-corrected chi connectivity index (χ2v) is 5.11. The van der Waals surface area contributed by atoms with Crippen LogP contribution < -0.4 is 5.32 Å². The molecule has 1 aromatic heterocycles. The van der Waals surface area contributed by atoms with Crippen molar-refractivity contribution in [1.82, 2.24) is 10.3 Å². The highest BCUT2D eigenvalue weighted by molar-refractivity contribution is 6.33. The van der Waals surface area contributed by atoms with Gasteiger partial charge in [-0.25, -0.2) is 0 Å². The average Bonchev–Trinajstić information content (AvgIpc) is 2.85. The SMILES string of the molecule is O=C(NCC1CCCC1C(=O)O)c1cnccc1Cl. The molecule has 1 amide bonds. The first-order valence-corrected chi connectivity index (χ1v) is 6.58. The smallest absolute Gasteiger partial charge is 0.306 e. The highest BCUT2D eigenvalue weighted by atomic mass is 35.5. The summed E-state index contributed by atoms with van der Waals surface area (Å²) in [5, 5.41) is 12.1. The Kier molecular flexibility index (Phi) is 4.37. The molecule has 102 valence electrons. The maximum atomic E-state index is 11.9. The van der Waals surface area contributed by atoms with Crippen molar-refractivity contribution >= 4 is 23.5 Å². The minimum atomic E-state index is -0.781. The highest BCUT2D eigenvalue weighted by Gasteiger charge is 2.32. The third kappa shape index (κ3) is 3.23. The normalized spacial score (nSPS) is 22.2. The van der Waals surface area contributed by atoms with E-state index in [1.54, 1.807) is 6.07 Å². The summed E-state index contributed by atoms with van der Waals surface area (Å²) in [6, 6.07) is 1.55. The predicted molar refractivity (Wildman–Crippen MR) is 70.0 cm³/mol. The molecule has 2 rings (SSSR count). The third-order valence-electron chi connectivity index (χ3n) is 3.51. The van der Waals surface area contributed by atoms with Crippen molar-refractivity contribution < 1.29 is 14.7 Å². The van der Waals surface area contributed by atoms with Gasteiger partial charge < -0.3 is 10.4 Å². The van der Waals surface area contributed by atoms with E-state index in [2.05, 4.69) is 10.3 Å². The number of carbonyl (C=O) groups excluding carboxylic acids is 1. The standard InChI is InChI=1S/C13H15ClN2O3/c14-11-4-5-15-7-10(11)12(17)16-6-8-2-1-3-9(8)13(18)19/h4-5,7-9H,1-3,6H2,(H,16,17)(H,18,19). The quantitative estimate of drug-likeness (QED) is 0.885. The van der Waals surface area contributed by atoms with E-state index >= 15 is 0 Å². The van der Waals surface area contributed by atoms with Gasteiger partial charge in [-0.3, -0.25) is 14.6 Å². The first-order chi connectivity index (χ1) is 9.09. The van der Waals surface area contributed by atoms with Crippen LogP contribution in [-0.4, -0.2) is 28.5 Å². The Morgan fingerprint density at radius 2 is 2.26 bits per heavy atom. The Bertz CT molecular complexity index is 493. The molecule has 1 fully saturated rings. The van der Waals surface area contributed by atoms with E-state index in [1.165, 1.54) is 12.4 Å². The number of carboxylic acid groups (broad SMARTS) is 1. The molecule has 6 heteroatoms. The fourth-order valence-corrected chi connectivity index (χ4v) is 2.66. The monoisotopic (exact) mass is 282 g/mol. The zero-order chi connectivity index (χ0) is 13.8. The lowest BCUT2D eigenvalue weighted by molar-refractivity contribution is -0.142. The molecule has 1 aliphatic carbocycles. The number of carboxylic acids is 1. The number of aliphatic carboxylic acids is 1. The summed E-state index contributed by atoms with van der Waals surface area (Å²) in [6.07, 6.45) is 5.32. The molecule has 2 N–H and O–H groups in total. The van der Waals surface area contributed by atoms with E-state index in [1.807, 2.05) is 0 Å². The molecule has 0 spiro atoms. The number of nitrogens with zero attached hydrogens (tertiary/aromatic N) is 1. The molecule has 0 bridgehead atoms. The number of nitrogens with one attached hydrogen (secondary N) is 1. The summed E-state index contributed by atoms with van der Waals surface area (Å²) < 4.78 is 0. The van der Waals surface area contributed by atoms with Crippen LogP contribution in [0.2, 0.25) is 5.02 Å². The Balaban J connectivity index is 1.94. The van der Waals surface area contributed by atoms with E-state index in [0.29, 0.717) is 23.6 Å². The Hall–Kier alpha value is -1.62. The van der Waals surface area contributed by atoms with Gasteiger partial charge in [0.15, 0.2) is 0 Å². The Morgan fingerprint density at radius 1 is 1.47 bits per heavy atom. The minimum Gasteiger partial charge on any atom is -0.481 e. The zero-order valence-electron chi connectivity index (χ0n) is 10.3. The predicted octanol–water partition coefficient (Wildman–Crippen LogP) is 1.97. The van der Waals surface area contributed by atoms with Gasteiger partial charge in [0.05, 0.1) is 16.5 Å². The van der Waals surface area contributed by atoms with Crippen molar-refractivity contribution in [1.29, 1.82) is 0 Å². The average molecular weight is 283 g/mol. The maximum absolute atomic E-state index is 11.9. The molecule has 1 saturated carbocycles. The van der Waals surface area contributed by atoms with Crippen LogP contribution in [0, 0.1) is 11.8 Å². The third-order valence-corrected chi connectivity index (χ3v) is 3.84. The second kappa shape index (κ2) is 6.02. The zero-order valence-corrected chi connectivity index (χ0v) is 11.1. The van der Waals surface area contributed by atoms with E-state index < -0.39 is 5.97 Å². The molecule has 1 aromatic rings. The maximum Gasteiger partial charge on any atom is 0.306 e. The fraction of sp³-hybridized carbons (Fsp3) is 0.462. The van der Waals surface area contributed by atoms with Gasteiger partial charge in [0.1, 0.15) is 0 Å². The van der Waals surface area contributed by atoms with Gasteiger partial charge in [-0.2, -0.15) is 0 Å². The molecule has 0 aromatic carbocycles. The van der Waals surface area contributed by atoms with Crippen LogP contribution in [-0.2, 0) is 4.79 Å². The topological polar surface area (TPSA) is 79.3 Å². The summed E-state index contributed by atoms with van der Waals surface area (Å²) in [5.74, 6) is -1.45. The van der Waals surface area contributed by atoms with E-state index in [0.717, 1.165) is 12.8 Å². The molecule has 1 aliphatic rings. The molecular formula is C13H15ClN2O3. The number of halogens is 1. The molecule has 1 heterocycles. The van der Waals surface area contributed by atoms with Crippen LogP contribution in [0.25, 0.3) is 0 Å². The summed E-state index contributed by atoms with van der Waals surface area (Å²) in [7, 11) is 0. The molecule has 2 unspecified atom stereocenters. The van der Waals surface area contributed by atoms with E-state index in [4.69, 9.17) is 16.7 Å². The first-order valence-electron chi connectivity index (χ1n) is 6.20. The van der Waals surface area contributed by atoms with Crippen molar-refractivity contribution in [2.24, 2.45) is 11.8 Å². The number of hydrogen-bond donors (Lipinski definition) is 2. The lowest BCUT2D eigenvalue weighted by atomic mass is 9.96. The van der Waals surface area contributed by atoms with Gasteiger partial charge in [-0.15, -0.1) is 0 Å². The van der Waals surface area contributed by atoms with Crippen molar-refractivity contribution in [3.63, 3.8) is 0 Å². The summed E-state index contributed by atoms with van der Waals surface area (Å²) in [4.78, 5) is 26.8. The number of hydrogen-bond acceptors (Lipinski definition) is 3. The van der Waals surface area contributed by atoms with Gasteiger partial charge in [-0.05, 0) is 24.8 Å². The molecule has 0 radical (unpaired) electrons. The largest absolute Gasteiger partial charge is 0.481 e. The number of carbonyl (C=O) groups is 2. The molecule has 0 saturated heterocycles. The van der Waals surface area contributed by atoms with E-state index in [-0.39, 0.29) is 17.7 Å². The number of pyridine rings is 1. The van der Waals surface area contributed by atoms with Crippen LogP contribution >= 0.6 is 11.6 Å². The van der Waals surface area contributed by atoms with Crippen molar-refractivity contribution in [3.8, 4) is 0 Å². The molecule has 5 nitrogen and oxygen atoms in total. The summed E-state index contributed by atoms with van der Waals surface area (Å²) in [6.45, 7) is 0.362. The number of aromatic nitrogens is 1. The van der Waals surface area contributed by atoms with E-state index in [9.17, 15) is 9.59 Å². The van der Waals surface area contributed by atoms with Crippen molar-refractivity contribution in [2.75, 3.05) is 6.54 Å². The summed E-state index contributed by atoms with van der Waals surface area (Å²) in [5.41, 5.74) is 0.314. The number of amides is 1. The fourth-order valence-electron chi connectivity index (χ4n) is 2.47. The van der Waals surface area contributed by atoms with Gasteiger partial charge in [0, 0.05) is 18.9 Å². The van der Waals surface area contributed by atoms with Gasteiger partial charge in [0.25, 0.3) is 5.91 Å². The Morgan fingerprint density at radius 3 is 2.95 bits per heavy atom. The highest BCUT2D eigenvalue weighted by Crippen LogP contribution is 2.31. The minimum absolute atomic E-state index is 0.00287. The van der Waals surface area contributed by atoms with Gasteiger partial charge >= 0.3 is 5.97 Å². The lowest BCUT2D eigenvalue weighted by Gasteiger charge is -2.16. The van der Waals surface area contributed by atoms with Crippen molar-refractivity contribution in [2.45, 2.75) is 19.3 Å². The second-order valence-electron chi connectivity index (χ2n) is 4.70. The lowest BCUT2D eigenvalue weighted by Crippen LogP contribution is -2.33. The van der Waals surface area contributed by atoms with Crippen LogP contribution in [0.15, 0.2) is 18.5 Å². The van der Waals surface area contributed by atoms with Crippen LogP contribution in [0.5, 0.6) is 0 Å². The molecule has 0 aliphatic heterocycles. The summed E-state index contributed by atoms with van der Waals surface area (Å²) >= 11 is 5.90. The number of rotatable bonds is 4. The first kappa shape index (κ1) is 13.8. The van der Waals surface area contributed by atoms with Crippen LogP contribution in [0.3, 0.4) is 0 Å². The van der Waals surface area contributed by atoms with Crippen molar-refractivity contribution in [3.05, 3.63) is 29.0 Å². The molecule has 2 atom stereocenters.